The lowest BCUT2D eigenvalue weighted by Gasteiger charge is -2.26. The van der Waals surface area contributed by atoms with Crippen molar-refractivity contribution in [1.82, 2.24) is 4.57 Å². The Morgan fingerprint density at radius 3 is 1.35 bits per heavy atom. The van der Waals surface area contributed by atoms with Crippen LogP contribution in [0.5, 0.6) is 0 Å². The van der Waals surface area contributed by atoms with Crippen LogP contribution in [-0.2, 0) is 0 Å². The quantitative estimate of drug-likeness (QED) is 0.146. The molecular formula is C60H40N2. The fourth-order valence-corrected chi connectivity index (χ4v) is 9.66. The molecule has 0 aliphatic heterocycles. The molecule has 0 fully saturated rings. The molecule has 0 atom stereocenters. The smallest absolute Gasteiger partial charge is 0.0541 e. The van der Waals surface area contributed by atoms with Crippen molar-refractivity contribution in [3.05, 3.63) is 243 Å². The van der Waals surface area contributed by atoms with E-state index < -0.39 is 0 Å². The van der Waals surface area contributed by atoms with Crippen LogP contribution in [0.15, 0.2) is 243 Å². The molecule has 0 saturated heterocycles. The highest BCUT2D eigenvalue weighted by Crippen LogP contribution is 2.42. The number of benzene rings is 11. The molecule has 0 aliphatic rings. The molecule has 0 saturated carbocycles. The van der Waals surface area contributed by atoms with Crippen LogP contribution in [0.1, 0.15) is 0 Å². The summed E-state index contributed by atoms with van der Waals surface area (Å²) < 4.78 is 2.41. The molecular weight excluding hydrogens is 749 g/mol. The second-order valence-electron chi connectivity index (χ2n) is 16.1. The summed E-state index contributed by atoms with van der Waals surface area (Å²) in [6.45, 7) is 0. The van der Waals surface area contributed by atoms with Gasteiger partial charge in [-0.25, -0.2) is 0 Å². The van der Waals surface area contributed by atoms with Gasteiger partial charge in [0.1, 0.15) is 0 Å². The molecule has 12 rings (SSSR count). The summed E-state index contributed by atoms with van der Waals surface area (Å²) >= 11 is 0. The van der Waals surface area contributed by atoms with Gasteiger partial charge in [0.05, 0.1) is 16.7 Å². The highest BCUT2D eigenvalue weighted by Gasteiger charge is 2.18. The van der Waals surface area contributed by atoms with Gasteiger partial charge in [-0.1, -0.05) is 182 Å². The average Bonchev–Trinajstić information content (AvgIpc) is 3.69. The third kappa shape index (κ3) is 5.96. The number of rotatable bonds is 7. The van der Waals surface area contributed by atoms with Gasteiger partial charge in [-0.15, -0.1) is 0 Å². The zero-order chi connectivity index (χ0) is 41.0. The molecule has 290 valence electrons. The Hall–Kier alpha value is -8.20. The largest absolute Gasteiger partial charge is 0.311 e. The van der Waals surface area contributed by atoms with Crippen molar-refractivity contribution >= 4 is 71.2 Å². The Bertz CT molecular complexity index is 3550. The van der Waals surface area contributed by atoms with E-state index in [1.54, 1.807) is 0 Å². The van der Waals surface area contributed by atoms with Crippen molar-refractivity contribution in [2.45, 2.75) is 0 Å². The van der Waals surface area contributed by atoms with E-state index in [1.165, 1.54) is 81.9 Å². The maximum absolute atomic E-state index is 2.41. The first kappa shape index (κ1) is 35.7. The van der Waals surface area contributed by atoms with Gasteiger partial charge in [0, 0.05) is 33.4 Å². The molecule has 0 radical (unpaired) electrons. The summed E-state index contributed by atoms with van der Waals surface area (Å²) in [5.74, 6) is 0. The summed E-state index contributed by atoms with van der Waals surface area (Å²) in [4.78, 5) is 2.37. The van der Waals surface area contributed by atoms with E-state index in [1.807, 2.05) is 0 Å². The molecule has 0 amide bonds. The van der Waals surface area contributed by atoms with Crippen LogP contribution in [0.25, 0.3) is 93.2 Å². The van der Waals surface area contributed by atoms with Crippen molar-refractivity contribution in [3.63, 3.8) is 0 Å². The number of para-hydroxylation sites is 3. The number of hydrogen-bond acceptors (Lipinski definition) is 1. The van der Waals surface area contributed by atoms with Crippen LogP contribution in [0, 0.1) is 0 Å². The average molecular weight is 789 g/mol. The van der Waals surface area contributed by atoms with Gasteiger partial charge in [0.2, 0.25) is 0 Å². The highest BCUT2D eigenvalue weighted by molar-refractivity contribution is 6.21. The third-order valence-electron chi connectivity index (χ3n) is 12.6. The molecule has 0 unspecified atom stereocenters. The van der Waals surface area contributed by atoms with Crippen LogP contribution < -0.4 is 4.90 Å². The second kappa shape index (κ2) is 14.8. The van der Waals surface area contributed by atoms with Crippen LogP contribution in [0.3, 0.4) is 0 Å². The number of nitrogens with zero attached hydrogens (tertiary/aromatic N) is 2. The SMILES string of the molecule is c1ccc(-c2ccc(N(c3ccc(-c4ccccc4-n4c5ccccc5c5ccccc54)cc3)c3ccc(-c4cc5c6ccccc6ccc5c5ccccc45)cc3)cc2)cc1. The van der Waals surface area contributed by atoms with E-state index >= 15 is 0 Å². The zero-order valence-electron chi connectivity index (χ0n) is 34.0. The molecule has 1 aromatic heterocycles. The Morgan fingerprint density at radius 2 is 0.710 bits per heavy atom. The van der Waals surface area contributed by atoms with E-state index in [0.717, 1.165) is 28.3 Å². The van der Waals surface area contributed by atoms with Crippen molar-refractivity contribution in [2.24, 2.45) is 0 Å². The van der Waals surface area contributed by atoms with Gasteiger partial charge in [0.25, 0.3) is 0 Å². The van der Waals surface area contributed by atoms with Crippen molar-refractivity contribution in [3.8, 4) is 39.1 Å². The Kier molecular flexibility index (Phi) is 8.53. The molecule has 11 aromatic carbocycles. The second-order valence-corrected chi connectivity index (χ2v) is 16.1. The van der Waals surface area contributed by atoms with E-state index in [4.69, 9.17) is 0 Å². The molecule has 1 heterocycles. The van der Waals surface area contributed by atoms with Crippen LogP contribution in [-0.4, -0.2) is 4.57 Å². The highest BCUT2D eigenvalue weighted by atomic mass is 15.1. The number of anilines is 3. The maximum atomic E-state index is 2.41. The summed E-state index contributed by atoms with van der Waals surface area (Å²) in [5.41, 5.74) is 14.0. The molecule has 0 bridgehead atoms. The number of aromatic nitrogens is 1. The lowest BCUT2D eigenvalue weighted by Crippen LogP contribution is -2.09. The van der Waals surface area contributed by atoms with Gasteiger partial charge in [-0.05, 0) is 121 Å². The summed E-state index contributed by atoms with van der Waals surface area (Å²) in [6.07, 6.45) is 0. The van der Waals surface area contributed by atoms with Gasteiger partial charge in [-0.2, -0.15) is 0 Å². The van der Waals surface area contributed by atoms with E-state index in [2.05, 4.69) is 252 Å². The minimum absolute atomic E-state index is 1.09. The van der Waals surface area contributed by atoms with Crippen LogP contribution in [0.2, 0.25) is 0 Å². The predicted octanol–water partition coefficient (Wildman–Crippen LogP) is 16.7. The van der Waals surface area contributed by atoms with Gasteiger partial charge >= 0.3 is 0 Å². The first-order chi connectivity index (χ1) is 30.8. The van der Waals surface area contributed by atoms with Crippen LogP contribution >= 0.6 is 0 Å². The van der Waals surface area contributed by atoms with Crippen molar-refractivity contribution in [2.75, 3.05) is 4.90 Å². The first-order valence-corrected chi connectivity index (χ1v) is 21.3. The van der Waals surface area contributed by atoms with Crippen molar-refractivity contribution < 1.29 is 0 Å². The fraction of sp³-hybridized carbons (Fsp3) is 0. The van der Waals surface area contributed by atoms with E-state index in [9.17, 15) is 0 Å². The first-order valence-electron chi connectivity index (χ1n) is 21.3. The predicted molar refractivity (Wildman–Crippen MR) is 264 cm³/mol. The molecule has 12 aromatic rings. The Morgan fingerprint density at radius 1 is 0.258 bits per heavy atom. The molecule has 0 aliphatic carbocycles. The van der Waals surface area contributed by atoms with Gasteiger partial charge in [0.15, 0.2) is 0 Å². The topological polar surface area (TPSA) is 8.17 Å². The monoisotopic (exact) mass is 788 g/mol. The molecule has 2 nitrogen and oxygen atoms in total. The Labute approximate surface area is 360 Å². The minimum Gasteiger partial charge on any atom is -0.311 e. The number of hydrogen-bond donors (Lipinski definition) is 0. The summed E-state index contributed by atoms with van der Waals surface area (Å²) in [6, 6.07) is 88.4. The number of fused-ring (bicyclic) bond motifs is 8. The van der Waals surface area contributed by atoms with Gasteiger partial charge < -0.3 is 9.47 Å². The normalized spacial score (nSPS) is 11.5. The lowest BCUT2D eigenvalue weighted by molar-refractivity contribution is 1.18. The molecule has 0 spiro atoms. The van der Waals surface area contributed by atoms with Gasteiger partial charge in [-0.3, -0.25) is 0 Å². The fourth-order valence-electron chi connectivity index (χ4n) is 9.66. The molecule has 0 N–H and O–H groups in total. The Balaban J connectivity index is 0.970. The van der Waals surface area contributed by atoms with E-state index in [-0.39, 0.29) is 0 Å². The van der Waals surface area contributed by atoms with E-state index in [0.29, 0.717) is 0 Å². The summed E-state index contributed by atoms with van der Waals surface area (Å²) in [5, 5.41) is 10.1. The third-order valence-corrected chi connectivity index (χ3v) is 12.6. The van der Waals surface area contributed by atoms with Crippen LogP contribution in [0.4, 0.5) is 17.1 Å². The molecule has 2 heteroatoms. The standard InChI is InChI=1S/C60H40N2/c1-2-14-41(15-3-1)42-26-33-46(34-27-42)61(48-37-30-45(31-38-48)56-40-57-49-17-5-4-16-43(49)32-39-53(57)51-19-6-7-20-52(51)56)47-35-28-44(29-36-47)50-18-8-11-23-58(50)62-59-24-12-9-21-54(59)55-22-10-13-25-60(55)62/h1-40H. The summed E-state index contributed by atoms with van der Waals surface area (Å²) in [7, 11) is 0. The maximum Gasteiger partial charge on any atom is 0.0541 e. The lowest BCUT2D eigenvalue weighted by atomic mass is 9.91. The zero-order valence-corrected chi connectivity index (χ0v) is 34.0. The minimum atomic E-state index is 1.09. The molecule has 62 heavy (non-hydrogen) atoms. The van der Waals surface area contributed by atoms with Crippen molar-refractivity contribution in [1.29, 1.82) is 0 Å².